The smallest absolute Gasteiger partial charge is 0.342 e. The third-order valence-electron chi connectivity index (χ3n) is 4.30. The van der Waals surface area contributed by atoms with E-state index in [-0.39, 0.29) is 18.2 Å². The van der Waals surface area contributed by atoms with Crippen LogP contribution in [0.4, 0.5) is 13.2 Å². The van der Waals surface area contributed by atoms with Gasteiger partial charge in [0.1, 0.15) is 0 Å². The van der Waals surface area contributed by atoms with E-state index in [2.05, 4.69) is 4.98 Å². The summed E-state index contributed by atoms with van der Waals surface area (Å²) in [4.78, 5) is 18.0. The molecule has 0 aliphatic carbocycles. The zero-order valence-corrected chi connectivity index (χ0v) is 13.0. The Morgan fingerprint density at radius 3 is 2.79 bits per heavy atom. The van der Waals surface area contributed by atoms with Gasteiger partial charge in [0.05, 0.1) is 12.0 Å². The van der Waals surface area contributed by atoms with Crippen molar-refractivity contribution in [2.45, 2.75) is 24.9 Å². The predicted molar refractivity (Wildman–Crippen MR) is 83.3 cm³/mol. The molecular formula is C18H17F3N2O. The van der Waals surface area contributed by atoms with Crippen LogP contribution in [0.1, 0.15) is 29.0 Å². The molecule has 0 spiro atoms. The molecule has 1 saturated heterocycles. The van der Waals surface area contributed by atoms with E-state index >= 15 is 0 Å². The number of aromatic nitrogens is 1. The van der Waals surface area contributed by atoms with Crippen LogP contribution >= 0.6 is 0 Å². The van der Waals surface area contributed by atoms with Crippen molar-refractivity contribution < 1.29 is 18.0 Å². The molecule has 0 radical (unpaired) electrons. The van der Waals surface area contributed by atoms with Crippen molar-refractivity contribution in [2.24, 2.45) is 0 Å². The van der Waals surface area contributed by atoms with Crippen LogP contribution in [0.5, 0.6) is 0 Å². The molecule has 1 unspecified atom stereocenters. The number of alkyl halides is 3. The number of likely N-dealkylation sites (tertiary alicyclic amines) is 1. The van der Waals surface area contributed by atoms with Crippen molar-refractivity contribution in [1.82, 2.24) is 9.88 Å². The van der Waals surface area contributed by atoms with E-state index in [0.29, 0.717) is 25.1 Å². The highest BCUT2D eigenvalue weighted by molar-refractivity contribution is 5.79. The first-order valence-corrected chi connectivity index (χ1v) is 7.77. The summed E-state index contributed by atoms with van der Waals surface area (Å²) in [7, 11) is 0. The lowest BCUT2D eigenvalue weighted by Gasteiger charge is -2.17. The lowest BCUT2D eigenvalue weighted by Crippen LogP contribution is -2.29. The molecule has 1 aliphatic rings. The fourth-order valence-electron chi connectivity index (χ4n) is 3.02. The van der Waals surface area contributed by atoms with Crippen LogP contribution in [0.3, 0.4) is 0 Å². The topological polar surface area (TPSA) is 33.2 Å². The number of rotatable bonds is 3. The van der Waals surface area contributed by atoms with Crippen molar-refractivity contribution in [3.05, 3.63) is 65.5 Å². The number of halogens is 3. The van der Waals surface area contributed by atoms with Gasteiger partial charge in [0.2, 0.25) is 5.91 Å². The highest BCUT2D eigenvalue weighted by Gasteiger charge is 2.32. The van der Waals surface area contributed by atoms with Crippen LogP contribution in [-0.2, 0) is 17.4 Å². The molecule has 126 valence electrons. The summed E-state index contributed by atoms with van der Waals surface area (Å²) in [5.74, 6) is -0.0670. The minimum absolute atomic E-state index is 0.0162. The van der Waals surface area contributed by atoms with Gasteiger partial charge in [0.15, 0.2) is 0 Å². The zero-order chi connectivity index (χ0) is 17.2. The Labute approximate surface area is 138 Å². The average Bonchev–Trinajstić information content (AvgIpc) is 3.05. The molecule has 0 N–H and O–H groups in total. The molecule has 1 atom stereocenters. The molecule has 3 nitrogen and oxygen atoms in total. The molecular weight excluding hydrogens is 317 g/mol. The Morgan fingerprint density at radius 2 is 2.08 bits per heavy atom. The SMILES string of the molecule is O=C(Cc1cccnc1)N1CCC(c2cccc(C(F)(F)F)c2)C1. The zero-order valence-electron chi connectivity index (χ0n) is 13.0. The molecule has 1 fully saturated rings. The largest absolute Gasteiger partial charge is 0.416 e. The second-order valence-electron chi connectivity index (χ2n) is 5.99. The normalized spacial score (nSPS) is 18.0. The minimum Gasteiger partial charge on any atom is -0.342 e. The molecule has 1 amide bonds. The van der Waals surface area contributed by atoms with Crippen LogP contribution in [-0.4, -0.2) is 28.9 Å². The van der Waals surface area contributed by atoms with Crippen LogP contribution in [0.15, 0.2) is 48.8 Å². The lowest BCUT2D eigenvalue weighted by molar-refractivity contribution is -0.137. The summed E-state index contributed by atoms with van der Waals surface area (Å²) in [6.45, 7) is 1.03. The van der Waals surface area contributed by atoms with E-state index < -0.39 is 11.7 Å². The van der Waals surface area contributed by atoms with Crippen molar-refractivity contribution in [1.29, 1.82) is 0 Å². The first-order chi connectivity index (χ1) is 11.4. The van der Waals surface area contributed by atoms with Crippen LogP contribution in [0.2, 0.25) is 0 Å². The second kappa shape index (κ2) is 6.63. The molecule has 3 rings (SSSR count). The quantitative estimate of drug-likeness (QED) is 0.858. The molecule has 2 aromatic rings. The highest BCUT2D eigenvalue weighted by atomic mass is 19.4. The summed E-state index contributed by atoms with van der Waals surface area (Å²) < 4.78 is 38.5. The number of carbonyl (C=O) groups is 1. The fraction of sp³-hybridized carbons (Fsp3) is 0.333. The Hall–Kier alpha value is -2.37. The third kappa shape index (κ3) is 3.75. The summed E-state index contributed by atoms with van der Waals surface area (Å²) in [6.07, 6.45) is -0.0978. The van der Waals surface area contributed by atoms with Gasteiger partial charge in [-0.2, -0.15) is 13.2 Å². The number of amides is 1. The van der Waals surface area contributed by atoms with Crippen LogP contribution < -0.4 is 0 Å². The number of carbonyl (C=O) groups excluding carboxylic acids is 1. The van der Waals surface area contributed by atoms with E-state index in [9.17, 15) is 18.0 Å². The van der Waals surface area contributed by atoms with Crippen molar-refractivity contribution in [3.8, 4) is 0 Å². The Morgan fingerprint density at radius 1 is 1.25 bits per heavy atom. The predicted octanol–water partition coefficient (Wildman–Crippen LogP) is 3.66. The van der Waals surface area contributed by atoms with Gasteiger partial charge in [-0.15, -0.1) is 0 Å². The van der Waals surface area contributed by atoms with Gasteiger partial charge in [-0.3, -0.25) is 9.78 Å². The molecule has 2 heterocycles. The van der Waals surface area contributed by atoms with Gasteiger partial charge in [0.25, 0.3) is 0 Å². The Bertz CT molecular complexity index is 716. The van der Waals surface area contributed by atoms with Crippen LogP contribution in [0.25, 0.3) is 0 Å². The monoisotopic (exact) mass is 334 g/mol. The molecule has 6 heteroatoms. The van der Waals surface area contributed by atoms with Crippen molar-refractivity contribution >= 4 is 5.91 Å². The maximum atomic E-state index is 12.8. The molecule has 0 bridgehead atoms. The van der Waals surface area contributed by atoms with Gasteiger partial charge in [0, 0.05) is 31.4 Å². The molecule has 0 saturated carbocycles. The third-order valence-corrected chi connectivity index (χ3v) is 4.30. The van der Waals surface area contributed by atoms with E-state index in [1.165, 1.54) is 12.1 Å². The van der Waals surface area contributed by atoms with E-state index in [1.54, 1.807) is 29.4 Å². The summed E-state index contributed by atoms with van der Waals surface area (Å²) in [5, 5.41) is 0. The first kappa shape index (κ1) is 16.5. The number of hydrogen-bond donors (Lipinski definition) is 0. The van der Waals surface area contributed by atoms with E-state index in [0.717, 1.165) is 11.6 Å². The number of nitrogens with zero attached hydrogens (tertiary/aromatic N) is 2. The number of pyridine rings is 1. The maximum Gasteiger partial charge on any atom is 0.416 e. The summed E-state index contributed by atoms with van der Waals surface area (Å²) >= 11 is 0. The second-order valence-corrected chi connectivity index (χ2v) is 5.99. The summed E-state index contributed by atoms with van der Waals surface area (Å²) in [6, 6.07) is 9.01. The number of benzene rings is 1. The standard InChI is InChI=1S/C18H17F3N2O/c19-18(20,21)16-5-1-4-14(10-16)15-6-8-23(12-15)17(24)9-13-3-2-7-22-11-13/h1-5,7,10-11,15H,6,8-9,12H2. The fourth-order valence-corrected chi connectivity index (χ4v) is 3.02. The highest BCUT2D eigenvalue weighted by Crippen LogP contribution is 2.33. The van der Waals surface area contributed by atoms with Gasteiger partial charge in [-0.25, -0.2) is 0 Å². The van der Waals surface area contributed by atoms with Gasteiger partial charge < -0.3 is 4.90 Å². The first-order valence-electron chi connectivity index (χ1n) is 7.77. The van der Waals surface area contributed by atoms with Gasteiger partial charge in [-0.05, 0) is 29.7 Å². The van der Waals surface area contributed by atoms with Gasteiger partial charge >= 0.3 is 6.18 Å². The Kier molecular flexibility index (Phi) is 4.55. The molecule has 1 aromatic carbocycles. The van der Waals surface area contributed by atoms with Crippen LogP contribution in [0, 0.1) is 0 Å². The van der Waals surface area contributed by atoms with Crippen molar-refractivity contribution in [2.75, 3.05) is 13.1 Å². The minimum atomic E-state index is -4.34. The molecule has 1 aliphatic heterocycles. The van der Waals surface area contributed by atoms with E-state index in [4.69, 9.17) is 0 Å². The Balaban J connectivity index is 1.66. The number of hydrogen-bond acceptors (Lipinski definition) is 2. The summed E-state index contributed by atoms with van der Waals surface area (Å²) in [5.41, 5.74) is 0.839. The van der Waals surface area contributed by atoms with Gasteiger partial charge in [-0.1, -0.05) is 24.3 Å². The maximum absolute atomic E-state index is 12.8. The molecule has 1 aromatic heterocycles. The molecule has 24 heavy (non-hydrogen) atoms. The lowest BCUT2D eigenvalue weighted by atomic mass is 9.96. The van der Waals surface area contributed by atoms with Crippen molar-refractivity contribution in [3.63, 3.8) is 0 Å². The van der Waals surface area contributed by atoms with E-state index in [1.807, 2.05) is 6.07 Å². The average molecular weight is 334 g/mol.